The van der Waals surface area contributed by atoms with Gasteiger partial charge in [-0.15, -0.1) is 0 Å². The van der Waals surface area contributed by atoms with E-state index in [0.29, 0.717) is 16.3 Å². The van der Waals surface area contributed by atoms with Crippen LogP contribution in [0.1, 0.15) is 16.7 Å². The third-order valence-electron chi connectivity index (χ3n) is 2.94. The molecule has 1 amide bonds. The van der Waals surface area contributed by atoms with E-state index in [-0.39, 0.29) is 12.5 Å². The highest BCUT2D eigenvalue weighted by atomic mass is 35.5. The molecule has 116 valence electrons. The van der Waals surface area contributed by atoms with E-state index in [4.69, 9.17) is 21.6 Å². The normalized spacial score (nSPS) is 10.3. The van der Waals surface area contributed by atoms with Gasteiger partial charge in [-0.3, -0.25) is 4.79 Å². The minimum Gasteiger partial charge on any atom is -0.484 e. The summed E-state index contributed by atoms with van der Waals surface area (Å²) in [7, 11) is 0. The smallest absolute Gasteiger partial charge is 0.277 e. The molecule has 0 saturated heterocycles. The number of amides is 1. The molecule has 1 N–H and O–H groups in total. The fourth-order valence-electron chi connectivity index (χ4n) is 1.71. The summed E-state index contributed by atoms with van der Waals surface area (Å²) in [5, 5.41) is 13.2. The van der Waals surface area contributed by atoms with Crippen molar-refractivity contribution in [1.82, 2.24) is 5.43 Å². The van der Waals surface area contributed by atoms with Crippen LogP contribution in [0.15, 0.2) is 47.6 Å². The van der Waals surface area contributed by atoms with Crippen LogP contribution in [0, 0.1) is 18.3 Å². The van der Waals surface area contributed by atoms with E-state index >= 15 is 0 Å². The first-order valence-corrected chi connectivity index (χ1v) is 7.17. The van der Waals surface area contributed by atoms with Gasteiger partial charge in [0.05, 0.1) is 17.8 Å². The monoisotopic (exact) mass is 327 g/mol. The predicted molar refractivity (Wildman–Crippen MR) is 88.6 cm³/mol. The molecule has 0 unspecified atom stereocenters. The summed E-state index contributed by atoms with van der Waals surface area (Å²) in [5.41, 5.74) is 4.59. The van der Waals surface area contributed by atoms with Gasteiger partial charge in [-0.2, -0.15) is 10.4 Å². The lowest BCUT2D eigenvalue weighted by Crippen LogP contribution is -2.24. The summed E-state index contributed by atoms with van der Waals surface area (Å²) < 4.78 is 5.36. The maximum Gasteiger partial charge on any atom is 0.277 e. The van der Waals surface area contributed by atoms with Gasteiger partial charge >= 0.3 is 0 Å². The van der Waals surface area contributed by atoms with Gasteiger partial charge in [0, 0.05) is 5.02 Å². The topological polar surface area (TPSA) is 74.5 Å². The molecule has 0 aliphatic rings. The minimum atomic E-state index is -0.373. The van der Waals surface area contributed by atoms with Gasteiger partial charge in [0.1, 0.15) is 5.75 Å². The molecule has 0 heterocycles. The lowest BCUT2D eigenvalue weighted by molar-refractivity contribution is -0.123. The fraction of sp³-hybridized carbons (Fsp3) is 0.118. The molecule has 2 aromatic rings. The zero-order valence-electron chi connectivity index (χ0n) is 12.4. The number of benzene rings is 2. The highest BCUT2D eigenvalue weighted by Crippen LogP contribution is 2.20. The average Bonchev–Trinajstić information content (AvgIpc) is 2.56. The number of carbonyl (C=O) groups is 1. The summed E-state index contributed by atoms with van der Waals surface area (Å²) in [4.78, 5) is 11.6. The molecule has 0 aromatic heterocycles. The van der Waals surface area contributed by atoms with Crippen molar-refractivity contribution in [1.29, 1.82) is 5.26 Å². The number of hydrogen-bond donors (Lipinski definition) is 1. The van der Waals surface area contributed by atoms with Crippen molar-refractivity contribution in [3.63, 3.8) is 0 Å². The largest absolute Gasteiger partial charge is 0.484 e. The quantitative estimate of drug-likeness (QED) is 0.677. The number of aryl methyl sites for hydroxylation is 1. The van der Waals surface area contributed by atoms with Crippen LogP contribution < -0.4 is 10.2 Å². The van der Waals surface area contributed by atoms with E-state index in [1.165, 1.54) is 6.21 Å². The van der Waals surface area contributed by atoms with Crippen molar-refractivity contribution in [2.45, 2.75) is 6.92 Å². The fourth-order valence-corrected chi connectivity index (χ4v) is 1.83. The highest BCUT2D eigenvalue weighted by Gasteiger charge is 2.03. The molecule has 0 spiro atoms. The number of nitrogens with zero attached hydrogens (tertiary/aromatic N) is 2. The first kappa shape index (κ1) is 16.5. The van der Waals surface area contributed by atoms with Gasteiger partial charge in [-0.25, -0.2) is 5.43 Å². The molecule has 0 radical (unpaired) electrons. The van der Waals surface area contributed by atoms with E-state index in [0.717, 1.165) is 11.1 Å². The van der Waals surface area contributed by atoms with Crippen LogP contribution in [0.3, 0.4) is 0 Å². The van der Waals surface area contributed by atoms with Gasteiger partial charge in [0.15, 0.2) is 6.61 Å². The highest BCUT2D eigenvalue weighted by molar-refractivity contribution is 6.31. The Morgan fingerprint density at radius 3 is 2.74 bits per heavy atom. The maximum absolute atomic E-state index is 11.6. The first-order valence-electron chi connectivity index (χ1n) is 6.79. The van der Waals surface area contributed by atoms with Crippen molar-refractivity contribution in [3.05, 3.63) is 64.2 Å². The number of rotatable bonds is 5. The Hall–Kier alpha value is -2.84. The second-order valence-corrected chi connectivity index (χ2v) is 5.13. The Bertz CT molecular complexity index is 764. The standard InChI is InChI=1S/C17H14ClN3O2/c1-12-8-15(6-7-16(12)18)23-11-17(22)21-20-10-14-4-2-13(9-19)3-5-14/h2-8,10H,11H2,1H3,(H,21,22)/b20-10-. The van der Waals surface area contributed by atoms with Gasteiger partial charge in [-0.1, -0.05) is 23.7 Å². The second kappa shape index (κ2) is 7.97. The Morgan fingerprint density at radius 1 is 1.35 bits per heavy atom. The lowest BCUT2D eigenvalue weighted by Gasteiger charge is -2.06. The van der Waals surface area contributed by atoms with Gasteiger partial charge in [-0.05, 0) is 48.4 Å². The number of nitrogens with one attached hydrogen (secondary N) is 1. The molecule has 0 aliphatic carbocycles. The van der Waals surface area contributed by atoms with E-state index < -0.39 is 0 Å². The zero-order chi connectivity index (χ0) is 16.7. The van der Waals surface area contributed by atoms with Crippen molar-refractivity contribution >= 4 is 23.7 Å². The summed E-state index contributed by atoms with van der Waals surface area (Å²) in [5.74, 6) is 0.195. The van der Waals surface area contributed by atoms with Gasteiger partial charge in [0.25, 0.3) is 5.91 Å². The summed E-state index contributed by atoms with van der Waals surface area (Å²) >= 11 is 5.92. The molecule has 6 heteroatoms. The van der Waals surface area contributed by atoms with Crippen LogP contribution in [0.5, 0.6) is 5.75 Å². The Morgan fingerprint density at radius 2 is 2.09 bits per heavy atom. The number of hydrogen-bond acceptors (Lipinski definition) is 4. The van der Waals surface area contributed by atoms with E-state index in [9.17, 15) is 4.79 Å². The van der Waals surface area contributed by atoms with E-state index in [2.05, 4.69) is 10.5 Å². The zero-order valence-corrected chi connectivity index (χ0v) is 13.2. The van der Waals surface area contributed by atoms with Crippen LogP contribution in [-0.4, -0.2) is 18.7 Å². The Balaban J connectivity index is 1.81. The molecule has 2 aromatic carbocycles. The van der Waals surface area contributed by atoms with Crippen LogP contribution in [0.4, 0.5) is 0 Å². The minimum absolute atomic E-state index is 0.147. The molecular weight excluding hydrogens is 314 g/mol. The number of halogens is 1. The predicted octanol–water partition coefficient (Wildman–Crippen LogP) is 3.05. The van der Waals surface area contributed by atoms with Crippen LogP contribution in [0.25, 0.3) is 0 Å². The van der Waals surface area contributed by atoms with Crippen LogP contribution >= 0.6 is 11.6 Å². The first-order chi connectivity index (χ1) is 11.1. The summed E-state index contributed by atoms with van der Waals surface area (Å²) in [6, 6.07) is 14.0. The molecule has 5 nitrogen and oxygen atoms in total. The van der Waals surface area contributed by atoms with Crippen molar-refractivity contribution in [2.75, 3.05) is 6.61 Å². The lowest BCUT2D eigenvalue weighted by atomic mass is 10.2. The van der Waals surface area contributed by atoms with Crippen LogP contribution in [0.2, 0.25) is 5.02 Å². The summed E-state index contributed by atoms with van der Waals surface area (Å²) in [6.07, 6.45) is 1.49. The van der Waals surface area contributed by atoms with Gasteiger partial charge in [0.2, 0.25) is 0 Å². The second-order valence-electron chi connectivity index (χ2n) is 4.73. The third kappa shape index (κ3) is 5.13. The Kier molecular flexibility index (Phi) is 5.73. The molecule has 0 fully saturated rings. The average molecular weight is 328 g/mol. The SMILES string of the molecule is Cc1cc(OCC(=O)N/N=C\c2ccc(C#N)cc2)ccc1Cl. The number of hydrazone groups is 1. The molecule has 0 aliphatic heterocycles. The molecule has 0 atom stereocenters. The van der Waals surface area contributed by atoms with Gasteiger partial charge < -0.3 is 4.74 Å². The van der Waals surface area contributed by atoms with E-state index in [1.807, 2.05) is 13.0 Å². The number of nitriles is 1. The summed E-state index contributed by atoms with van der Waals surface area (Å²) in [6.45, 7) is 1.71. The molecular formula is C17H14ClN3O2. The van der Waals surface area contributed by atoms with Crippen LogP contribution in [-0.2, 0) is 4.79 Å². The van der Waals surface area contributed by atoms with Crippen molar-refractivity contribution in [3.8, 4) is 11.8 Å². The third-order valence-corrected chi connectivity index (χ3v) is 3.37. The molecule has 23 heavy (non-hydrogen) atoms. The number of carbonyl (C=O) groups excluding carboxylic acids is 1. The Labute approximate surface area is 139 Å². The maximum atomic E-state index is 11.6. The molecule has 2 rings (SSSR count). The van der Waals surface area contributed by atoms with E-state index in [1.54, 1.807) is 42.5 Å². The number of ether oxygens (including phenoxy) is 1. The van der Waals surface area contributed by atoms with Crippen molar-refractivity contribution < 1.29 is 9.53 Å². The molecule has 0 bridgehead atoms. The molecule has 0 saturated carbocycles. The van der Waals surface area contributed by atoms with Crippen molar-refractivity contribution in [2.24, 2.45) is 5.10 Å².